The molecule has 0 saturated heterocycles. The lowest BCUT2D eigenvalue weighted by Crippen LogP contribution is -2.06. The standard InChI is InChI=1S/C16H13ClN2O/c1-9-6-10(2)18-16-15(9)14(20)8-13(19-16)11-4-3-5-12(17)7-11/h3-8H,1-2H3,(H,18,19,20). The minimum Gasteiger partial charge on any atom is -0.339 e. The predicted octanol–water partition coefficient (Wildman–Crippen LogP) is 3.86. The number of nitrogens with zero attached hydrogens (tertiary/aromatic N) is 1. The number of halogens is 1. The summed E-state index contributed by atoms with van der Waals surface area (Å²) in [6.07, 6.45) is 0. The summed E-state index contributed by atoms with van der Waals surface area (Å²) in [5.74, 6) is 0. The van der Waals surface area contributed by atoms with Gasteiger partial charge in [0.1, 0.15) is 5.65 Å². The predicted molar refractivity (Wildman–Crippen MR) is 82.3 cm³/mol. The number of benzene rings is 1. The Morgan fingerprint density at radius 1 is 1.15 bits per heavy atom. The second kappa shape index (κ2) is 4.76. The highest BCUT2D eigenvalue weighted by atomic mass is 35.5. The van der Waals surface area contributed by atoms with Crippen molar-refractivity contribution in [2.45, 2.75) is 13.8 Å². The first-order valence-electron chi connectivity index (χ1n) is 6.32. The number of aromatic amines is 1. The van der Waals surface area contributed by atoms with E-state index in [1.807, 2.05) is 38.1 Å². The monoisotopic (exact) mass is 284 g/mol. The highest BCUT2D eigenvalue weighted by molar-refractivity contribution is 6.30. The molecule has 0 aliphatic rings. The number of nitrogens with one attached hydrogen (secondary N) is 1. The van der Waals surface area contributed by atoms with Crippen molar-refractivity contribution < 1.29 is 0 Å². The van der Waals surface area contributed by atoms with Crippen molar-refractivity contribution in [3.8, 4) is 11.3 Å². The van der Waals surface area contributed by atoms with Crippen molar-refractivity contribution in [1.29, 1.82) is 0 Å². The first-order chi connectivity index (χ1) is 9.54. The number of pyridine rings is 2. The Labute approximate surface area is 121 Å². The van der Waals surface area contributed by atoms with Crippen LogP contribution in [0.2, 0.25) is 5.02 Å². The normalized spacial score (nSPS) is 10.9. The molecular formula is C16H13ClN2O. The summed E-state index contributed by atoms with van der Waals surface area (Å²) in [7, 11) is 0. The molecule has 0 spiro atoms. The zero-order valence-corrected chi connectivity index (χ0v) is 12.0. The molecule has 3 aromatic rings. The van der Waals surface area contributed by atoms with Crippen LogP contribution in [0.4, 0.5) is 0 Å². The van der Waals surface area contributed by atoms with Gasteiger partial charge < -0.3 is 4.98 Å². The van der Waals surface area contributed by atoms with Gasteiger partial charge in [-0.3, -0.25) is 4.79 Å². The molecule has 3 nitrogen and oxygen atoms in total. The molecule has 100 valence electrons. The fraction of sp³-hybridized carbons (Fsp3) is 0.125. The highest BCUT2D eigenvalue weighted by Gasteiger charge is 2.08. The molecule has 1 aromatic carbocycles. The van der Waals surface area contributed by atoms with E-state index in [0.29, 0.717) is 16.1 Å². The average molecular weight is 285 g/mol. The summed E-state index contributed by atoms with van der Waals surface area (Å²) in [6, 6.07) is 10.9. The zero-order chi connectivity index (χ0) is 14.3. The number of fused-ring (bicyclic) bond motifs is 1. The lowest BCUT2D eigenvalue weighted by atomic mass is 10.1. The van der Waals surface area contributed by atoms with Gasteiger partial charge in [-0.15, -0.1) is 0 Å². The number of aryl methyl sites for hydroxylation is 2. The van der Waals surface area contributed by atoms with Gasteiger partial charge in [-0.05, 0) is 43.2 Å². The van der Waals surface area contributed by atoms with E-state index in [1.165, 1.54) is 0 Å². The molecule has 4 heteroatoms. The van der Waals surface area contributed by atoms with Crippen molar-refractivity contribution in [1.82, 2.24) is 9.97 Å². The quantitative estimate of drug-likeness (QED) is 0.737. The molecule has 0 fully saturated rings. The fourth-order valence-corrected chi connectivity index (χ4v) is 2.61. The van der Waals surface area contributed by atoms with Crippen LogP contribution in [0.3, 0.4) is 0 Å². The van der Waals surface area contributed by atoms with Gasteiger partial charge in [0.05, 0.1) is 11.1 Å². The molecule has 2 aromatic heterocycles. The third-order valence-corrected chi connectivity index (χ3v) is 3.49. The molecule has 3 rings (SSSR count). The van der Waals surface area contributed by atoms with Crippen LogP contribution < -0.4 is 5.43 Å². The highest BCUT2D eigenvalue weighted by Crippen LogP contribution is 2.22. The van der Waals surface area contributed by atoms with Gasteiger partial charge in [0.15, 0.2) is 5.43 Å². The van der Waals surface area contributed by atoms with E-state index in [9.17, 15) is 4.79 Å². The third kappa shape index (κ3) is 2.21. The molecule has 20 heavy (non-hydrogen) atoms. The molecule has 0 bridgehead atoms. The van der Waals surface area contributed by atoms with Gasteiger partial charge in [0.25, 0.3) is 0 Å². The molecule has 1 N–H and O–H groups in total. The molecule has 0 atom stereocenters. The van der Waals surface area contributed by atoms with Gasteiger partial charge in [-0.2, -0.15) is 0 Å². The molecule has 0 saturated carbocycles. The van der Waals surface area contributed by atoms with Crippen LogP contribution in [0, 0.1) is 13.8 Å². The van der Waals surface area contributed by atoms with Crippen LogP contribution in [0.1, 0.15) is 11.3 Å². The van der Waals surface area contributed by atoms with Crippen LogP contribution in [-0.4, -0.2) is 9.97 Å². The molecule has 2 heterocycles. The maximum absolute atomic E-state index is 12.3. The van der Waals surface area contributed by atoms with Crippen LogP contribution in [-0.2, 0) is 0 Å². The summed E-state index contributed by atoms with van der Waals surface area (Å²) in [4.78, 5) is 19.9. The lowest BCUT2D eigenvalue weighted by molar-refractivity contribution is 1.18. The van der Waals surface area contributed by atoms with Crippen molar-refractivity contribution in [3.05, 3.63) is 62.9 Å². The first kappa shape index (κ1) is 12.9. The zero-order valence-electron chi connectivity index (χ0n) is 11.2. The Bertz CT molecular complexity index is 868. The second-order valence-corrected chi connectivity index (χ2v) is 5.30. The third-order valence-electron chi connectivity index (χ3n) is 3.26. The second-order valence-electron chi connectivity index (χ2n) is 4.86. The maximum atomic E-state index is 12.3. The van der Waals surface area contributed by atoms with Crippen molar-refractivity contribution >= 4 is 22.6 Å². The largest absolute Gasteiger partial charge is 0.339 e. The number of hydrogen-bond donors (Lipinski definition) is 1. The average Bonchev–Trinajstić information content (AvgIpc) is 2.37. The molecule has 0 unspecified atom stereocenters. The van der Waals surface area contributed by atoms with E-state index < -0.39 is 0 Å². The molecule has 0 aliphatic carbocycles. The minimum atomic E-state index is -0.0290. The summed E-state index contributed by atoms with van der Waals surface area (Å²) in [5.41, 5.74) is 4.00. The van der Waals surface area contributed by atoms with Crippen molar-refractivity contribution in [2.24, 2.45) is 0 Å². The Morgan fingerprint density at radius 3 is 2.70 bits per heavy atom. The summed E-state index contributed by atoms with van der Waals surface area (Å²) in [6.45, 7) is 3.84. The van der Waals surface area contributed by atoms with E-state index in [4.69, 9.17) is 11.6 Å². The topological polar surface area (TPSA) is 45.8 Å². The Hall–Kier alpha value is -2.13. The SMILES string of the molecule is Cc1cc(C)c2c(=O)cc(-c3cccc(Cl)c3)[nH]c2n1. The Kier molecular flexibility index (Phi) is 3.07. The number of aromatic nitrogens is 2. The maximum Gasteiger partial charge on any atom is 0.191 e. The number of H-pyrrole nitrogens is 1. The smallest absolute Gasteiger partial charge is 0.191 e. The summed E-state index contributed by atoms with van der Waals surface area (Å²) in [5, 5.41) is 1.28. The van der Waals surface area contributed by atoms with Crippen LogP contribution in [0.25, 0.3) is 22.3 Å². The van der Waals surface area contributed by atoms with E-state index in [0.717, 1.165) is 22.5 Å². The molecule has 0 radical (unpaired) electrons. The Morgan fingerprint density at radius 2 is 1.95 bits per heavy atom. The van der Waals surface area contributed by atoms with E-state index in [-0.39, 0.29) is 5.43 Å². The molecule has 0 aliphatic heterocycles. The van der Waals surface area contributed by atoms with E-state index in [2.05, 4.69) is 9.97 Å². The van der Waals surface area contributed by atoms with Crippen molar-refractivity contribution in [3.63, 3.8) is 0 Å². The lowest BCUT2D eigenvalue weighted by Gasteiger charge is -2.07. The van der Waals surface area contributed by atoms with E-state index >= 15 is 0 Å². The van der Waals surface area contributed by atoms with Crippen LogP contribution >= 0.6 is 11.6 Å². The van der Waals surface area contributed by atoms with Gasteiger partial charge in [0.2, 0.25) is 0 Å². The minimum absolute atomic E-state index is 0.0290. The summed E-state index contributed by atoms with van der Waals surface area (Å²) >= 11 is 6.00. The number of hydrogen-bond acceptors (Lipinski definition) is 2. The fourth-order valence-electron chi connectivity index (χ4n) is 2.42. The molecular weight excluding hydrogens is 272 g/mol. The summed E-state index contributed by atoms with van der Waals surface area (Å²) < 4.78 is 0. The van der Waals surface area contributed by atoms with Crippen LogP contribution in [0.5, 0.6) is 0 Å². The van der Waals surface area contributed by atoms with Crippen molar-refractivity contribution in [2.75, 3.05) is 0 Å². The van der Waals surface area contributed by atoms with Gasteiger partial charge in [-0.1, -0.05) is 23.7 Å². The van der Waals surface area contributed by atoms with Gasteiger partial charge in [-0.25, -0.2) is 4.98 Å². The first-order valence-corrected chi connectivity index (χ1v) is 6.69. The Balaban J connectivity index is 2.32. The van der Waals surface area contributed by atoms with Gasteiger partial charge in [0, 0.05) is 16.8 Å². The van der Waals surface area contributed by atoms with Crippen LogP contribution in [0.15, 0.2) is 41.2 Å². The molecule has 0 amide bonds. The number of rotatable bonds is 1. The van der Waals surface area contributed by atoms with E-state index in [1.54, 1.807) is 12.1 Å². The van der Waals surface area contributed by atoms with Gasteiger partial charge >= 0.3 is 0 Å².